The Balaban J connectivity index is 1.82. The van der Waals surface area contributed by atoms with E-state index in [9.17, 15) is 0 Å². The maximum atomic E-state index is 4.33. The van der Waals surface area contributed by atoms with Crippen molar-refractivity contribution in [1.29, 1.82) is 0 Å². The third kappa shape index (κ3) is 1.82. The normalized spacial score (nSPS) is 11.5. The second kappa shape index (κ2) is 4.61. The molecular weight excluding hydrogens is 284 g/mol. The molecule has 4 heteroatoms. The maximum absolute atomic E-state index is 4.33. The molecule has 0 fully saturated rings. The number of aromatic amines is 3. The van der Waals surface area contributed by atoms with Gasteiger partial charge >= 0.3 is 0 Å². The van der Waals surface area contributed by atoms with Crippen LogP contribution in [0.2, 0.25) is 0 Å². The van der Waals surface area contributed by atoms with Crippen molar-refractivity contribution in [3.05, 3.63) is 67.0 Å². The number of para-hydroxylation sites is 1. The Labute approximate surface area is 132 Å². The largest absolute Gasteiger partial charge is 0.353 e. The molecule has 0 aliphatic rings. The van der Waals surface area contributed by atoms with Crippen molar-refractivity contribution in [3.63, 3.8) is 0 Å². The van der Waals surface area contributed by atoms with Gasteiger partial charge in [0.15, 0.2) is 0 Å². The van der Waals surface area contributed by atoms with Crippen LogP contribution in [0.3, 0.4) is 0 Å². The summed E-state index contributed by atoms with van der Waals surface area (Å²) in [6, 6.07) is 18.6. The van der Waals surface area contributed by atoms with Crippen LogP contribution < -0.4 is 0 Å². The SMILES string of the molecule is [c]1[nH]c(-c2cc3ccccc3[nH]2)c2c(-c3cc[nH]n3)cccc12. The van der Waals surface area contributed by atoms with Gasteiger partial charge < -0.3 is 9.97 Å². The van der Waals surface area contributed by atoms with Crippen LogP contribution in [0.4, 0.5) is 0 Å². The molecule has 0 aliphatic heterocycles. The number of nitrogens with one attached hydrogen (secondary N) is 3. The summed E-state index contributed by atoms with van der Waals surface area (Å²) < 4.78 is 0. The number of aromatic nitrogens is 4. The van der Waals surface area contributed by atoms with E-state index in [2.05, 4.69) is 56.7 Å². The second-order valence-corrected chi connectivity index (χ2v) is 5.58. The summed E-state index contributed by atoms with van der Waals surface area (Å²) in [5.74, 6) is 0. The van der Waals surface area contributed by atoms with Crippen LogP contribution in [0.1, 0.15) is 0 Å². The third-order valence-corrected chi connectivity index (χ3v) is 4.21. The van der Waals surface area contributed by atoms with Crippen LogP contribution in [-0.4, -0.2) is 20.2 Å². The van der Waals surface area contributed by atoms with E-state index < -0.39 is 0 Å². The fourth-order valence-corrected chi connectivity index (χ4v) is 3.15. The van der Waals surface area contributed by atoms with Gasteiger partial charge in [0.1, 0.15) is 0 Å². The van der Waals surface area contributed by atoms with Crippen LogP contribution >= 0.6 is 0 Å². The maximum Gasteiger partial charge on any atom is 0.0927 e. The molecule has 0 saturated heterocycles. The van der Waals surface area contributed by atoms with Crippen molar-refractivity contribution in [2.45, 2.75) is 0 Å². The van der Waals surface area contributed by atoms with Gasteiger partial charge in [-0.15, -0.1) is 0 Å². The predicted octanol–water partition coefficient (Wildman–Crippen LogP) is 4.51. The van der Waals surface area contributed by atoms with Crippen molar-refractivity contribution in [2.24, 2.45) is 0 Å². The van der Waals surface area contributed by atoms with E-state index in [0.29, 0.717) is 0 Å². The summed E-state index contributed by atoms with van der Waals surface area (Å²) in [6.45, 7) is 0. The highest BCUT2D eigenvalue weighted by Crippen LogP contribution is 2.35. The predicted molar refractivity (Wildman–Crippen MR) is 92.0 cm³/mol. The standard InChI is InChI=1S/C19H13N4/c1-2-7-15-12(4-1)10-17(22-15)19-18-13(11-20-19)5-3-6-14(18)16-8-9-21-23-16/h1-10,20,22H,(H,21,23). The molecule has 2 aromatic carbocycles. The lowest BCUT2D eigenvalue weighted by Crippen LogP contribution is -1.83. The zero-order valence-corrected chi connectivity index (χ0v) is 12.2. The van der Waals surface area contributed by atoms with E-state index in [1.54, 1.807) is 0 Å². The molecule has 0 spiro atoms. The Bertz CT molecular complexity index is 1080. The van der Waals surface area contributed by atoms with Gasteiger partial charge in [0, 0.05) is 33.4 Å². The number of H-pyrrole nitrogens is 3. The first-order valence-corrected chi connectivity index (χ1v) is 7.51. The Morgan fingerprint density at radius 2 is 1.91 bits per heavy atom. The van der Waals surface area contributed by atoms with Crippen LogP contribution in [0.15, 0.2) is 60.8 Å². The van der Waals surface area contributed by atoms with Gasteiger partial charge in [0.05, 0.1) is 23.3 Å². The van der Waals surface area contributed by atoms with Gasteiger partial charge in [0.2, 0.25) is 0 Å². The van der Waals surface area contributed by atoms with Crippen molar-refractivity contribution in [1.82, 2.24) is 20.2 Å². The fourth-order valence-electron chi connectivity index (χ4n) is 3.15. The third-order valence-electron chi connectivity index (χ3n) is 4.21. The van der Waals surface area contributed by atoms with Crippen molar-refractivity contribution < 1.29 is 0 Å². The summed E-state index contributed by atoms with van der Waals surface area (Å²) in [5, 5.41) is 10.6. The Hall–Kier alpha value is -3.27. The van der Waals surface area contributed by atoms with Gasteiger partial charge in [-0.1, -0.05) is 36.4 Å². The summed E-state index contributed by atoms with van der Waals surface area (Å²) in [7, 11) is 0. The van der Waals surface area contributed by atoms with Gasteiger partial charge in [0.25, 0.3) is 0 Å². The van der Waals surface area contributed by atoms with Crippen LogP contribution in [-0.2, 0) is 0 Å². The molecule has 5 rings (SSSR count). The van der Waals surface area contributed by atoms with Gasteiger partial charge in [-0.05, 0) is 18.2 Å². The lowest BCUT2D eigenvalue weighted by Gasteiger charge is -2.03. The van der Waals surface area contributed by atoms with Crippen molar-refractivity contribution in [2.75, 3.05) is 0 Å². The van der Waals surface area contributed by atoms with Crippen molar-refractivity contribution in [3.8, 4) is 22.6 Å². The van der Waals surface area contributed by atoms with Crippen molar-refractivity contribution >= 4 is 21.7 Å². The molecule has 0 bridgehead atoms. The molecule has 3 heterocycles. The molecule has 0 amide bonds. The quantitative estimate of drug-likeness (QED) is 0.441. The topological polar surface area (TPSA) is 60.3 Å². The number of hydrogen-bond donors (Lipinski definition) is 3. The smallest absolute Gasteiger partial charge is 0.0927 e. The molecule has 0 saturated carbocycles. The molecule has 0 aliphatic carbocycles. The van der Waals surface area contributed by atoms with E-state index in [1.807, 2.05) is 30.5 Å². The minimum Gasteiger partial charge on any atom is -0.353 e. The molecule has 109 valence electrons. The van der Waals surface area contributed by atoms with Gasteiger partial charge in [-0.3, -0.25) is 5.10 Å². The zero-order valence-electron chi connectivity index (χ0n) is 12.2. The van der Waals surface area contributed by atoms with Crippen LogP contribution in [0.25, 0.3) is 44.3 Å². The first-order chi connectivity index (χ1) is 11.4. The molecule has 1 radical (unpaired) electrons. The lowest BCUT2D eigenvalue weighted by atomic mass is 10.0. The fraction of sp³-hybridized carbons (Fsp3) is 0. The van der Waals surface area contributed by atoms with Crippen LogP contribution in [0, 0.1) is 6.20 Å². The molecular formula is C19H13N4. The average Bonchev–Trinajstić information content (AvgIpc) is 3.32. The Kier molecular flexibility index (Phi) is 2.46. The molecule has 0 atom stereocenters. The molecule has 5 aromatic rings. The first-order valence-electron chi connectivity index (χ1n) is 7.51. The summed E-state index contributed by atoms with van der Waals surface area (Å²) >= 11 is 0. The number of nitrogens with zero attached hydrogens (tertiary/aromatic N) is 1. The Morgan fingerprint density at radius 1 is 0.957 bits per heavy atom. The van der Waals surface area contributed by atoms with Gasteiger partial charge in [-0.2, -0.15) is 5.10 Å². The minimum absolute atomic E-state index is 0.931. The second-order valence-electron chi connectivity index (χ2n) is 5.58. The van der Waals surface area contributed by atoms with Gasteiger partial charge in [-0.25, -0.2) is 0 Å². The molecule has 4 nitrogen and oxygen atoms in total. The van der Waals surface area contributed by atoms with E-state index in [0.717, 1.165) is 38.9 Å². The molecule has 0 unspecified atom stereocenters. The highest BCUT2D eigenvalue weighted by atomic mass is 15.1. The molecule has 3 aromatic heterocycles. The average molecular weight is 297 g/mol. The monoisotopic (exact) mass is 297 g/mol. The number of benzene rings is 2. The zero-order chi connectivity index (χ0) is 15.2. The van der Waals surface area contributed by atoms with E-state index in [-0.39, 0.29) is 0 Å². The number of rotatable bonds is 2. The van der Waals surface area contributed by atoms with E-state index in [4.69, 9.17) is 0 Å². The molecule has 3 N–H and O–H groups in total. The van der Waals surface area contributed by atoms with E-state index in [1.165, 1.54) is 5.39 Å². The summed E-state index contributed by atoms with van der Waals surface area (Å²) in [6.07, 6.45) is 5.09. The minimum atomic E-state index is 0.931. The van der Waals surface area contributed by atoms with Crippen LogP contribution in [0.5, 0.6) is 0 Å². The molecule has 23 heavy (non-hydrogen) atoms. The first kappa shape index (κ1) is 12.3. The summed E-state index contributed by atoms with van der Waals surface area (Å²) in [5.41, 5.74) is 5.24. The number of fused-ring (bicyclic) bond motifs is 2. The highest BCUT2D eigenvalue weighted by Gasteiger charge is 2.14. The Morgan fingerprint density at radius 3 is 2.78 bits per heavy atom. The highest BCUT2D eigenvalue weighted by molar-refractivity contribution is 6.05. The lowest BCUT2D eigenvalue weighted by molar-refractivity contribution is 1.10. The van der Waals surface area contributed by atoms with E-state index >= 15 is 0 Å². The number of hydrogen-bond acceptors (Lipinski definition) is 1. The summed E-state index contributed by atoms with van der Waals surface area (Å²) in [4.78, 5) is 6.78.